The average Bonchev–Trinajstić information content (AvgIpc) is 3.50. The normalized spacial score (nSPS) is 20.2. The van der Waals surface area contributed by atoms with Crippen molar-refractivity contribution >= 4 is 40.0 Å². The number of carbonyl (C=O) groups excluding carboxylic acids is 2. The lowest BCUT2D eigenvalue weighted by Crippen LogP contribution is -2.19. The van der Waals surface area contributed by atoms with Crippen molar-refractivity contribution in [3.05, 3.63) is 21.8 Å². The SMILES string of the molecule is CCc1nnc(SCC(=O)Nc2sc3c(c2C(=O)OC)CCC(C)C3)n1CC1CCCO1. The Bertz CT molecular complexity index is 981. The van der Waals surface area contributed by atoms with E-state index in [2.05, 4.69) is 27.0 Å². The molecule has 0 aromatic carbocycles. The first kappa shape index (κ1) is 23.3. The van der Waals surface area contributed by atoms with Gasteiger partial charge in [-0.3, -0.25) is 4.79 Å². The van der Waals surface area contributed by atoms with Gasteiger partial charge in [-0.05, 0) is 43.6 Å². The van der Waals surface area contributed by atoms with Gasteiger partial charge in [0.25, 0.3) is 0 Å². The second kappa shape index (κ2) is 10.4. The van der Waals surface area contributed by atoms with E-state index in [0.717, 1.165) is 61.7 Å². The molecule has 3 heterocycles. The monoisotopic (exact) mass is 478 g/mol. The summed E-state index contributed by atoms with van der Waals surface area (Å²) in [6.45, 7) is 5.77. The summed E-state index contributed by atoms with van der Waals surface area (Å²) >= 11 is 2.86. The molecule has 4 rings (SSSR count). The molecule has 1 aliphatic heterocycles. The number of rotatable bonds is 8. The van der Waals surface area contributed by atoms with Gasteiger partial charge >= 0.3 is 5.97 Å². The van der Waals surface area contributed by atoms with Gasteiger partial charge in [-0.15, -0.1) is 21.5 Å². The van der Waals surface area contributed by atoms with Crippen LogP contribution >= 0.6 is 23.1 Å². The van der Waals surface area contributed by atoms with Crippen LogP contribution in [0.4, 0.5) is 5.00 Å². The molecule has 32 heavy (non-hydrogen) atoms. The fourth-order valence-corrected chi connectivity index (χ4v) is 6.49. The summed E-state index contributed by atoms with van der Waals surface area (Å²) in [7, 11) is 1.38. The van der Waals surface area contributed by atoms with Gasteiger partial charge in [0.15, 0.2) is 5.16 Å². The van der Waals surface area contributed by atoms with Crippen LogP contribution in [0.15, 0.2) is 5.16 Å². The second-order valence-corrected chi connectivity index (χ2v) is 10.4. The molecule has 8 nitrogen and oxygen atoms in total. The van der Waals surface area contributed by atoms with Crippen molar-refractivity contribution in [3.8, 4) is 0 Å². The largest absolute Gasteiger partial charge is 0.465 e. The van der Waals surface area contributed by atoms with E-state index in [0.29, 0.717) is 23.0 Å². The van der Waals surface area contributed by atoms with E-state index < -0.39 is 0 Å². The number of hydrogen-bond acceptors (Lipinski definition) is 8. The van der Waals surface area contributed by atoms with E-state index >= 15 is 0 Å². The van der Waals surface area contributed by atoms with Crippen LogP contribution in [-0.4, -0.2) is 52.2 Å². The molecule has 1 aliphatic carbocycles. The number of aromatic nitrogens is 3. The molecule has 0 saturated carbocycles. The van der Waals surface area contributed by atoms with Crippen molar-refractivity contribution in [2.75, 3.05) is 24.8 Å². The van der Waals surface area contributed by atoms with Gasteiger partial charge in [0.05, 0.1) is 31.1 Å². The number of carbonyl (C=O) groups is 2. The van der Waals surface area contributed by atoms with Crippen LogP contribution in [-0.2, 0) is 40.1 Å². The van der Waals surface area contributed by atoms with Crippen LogP contribution in [0, 0.1) is 5.92 Å². The molecule has 2 aliphatic rings. The fourth-order valence-electron chi connectivity index (χ4n) is 4.31. The minimum absolute atomic E-state index is 0.170. The molecule has 2 atom stereocenters. The average molecular weight is 479 g/mol. The molecule has 1 N–H and O–H groups in total. The number of nitrogens with one attached hydrogen (secondary N) is 1. The highest BCUT2D eigenvalue weighted by Gasteiger charge is 2.29. The molecule has 1 amide bonds. The van der Waals surface area contributed by atoms with Crippen molar-refractivity contribution in [2.45, 2.75) is 70.2 Å². The molecular weight excluding hydrogens is 448 g/mol. The molecule has 2 unspecified atom stereocenters. The lowest BCUT2D eigenvalue weighted by atomic mass is 9.88. The number of nitrogens with zero attached hydrogens (tertiary/aromatic N) is 3. The van der Waals surface area contributed by atoms with Gasteiger partial charge in [0.1, 0.15) is 10.8 Å². The van der Waals surface area contributed by atoms with Gasteiger partial charge in [-0.1, -0.05) is 25.6 Å². The first-order valence-electron chi connectivity index (χ1n) is 11.2. The molecule has 0 spiro atoms. The molecule has 2 aromatic heterocycles. The number of methoxy groups -OCH3 is 1. The lowest BCUT2D eigenvalue weighted by Gasteiger charge is -2.18. The molecule has 1 fully saturated rings. The van der Waals surface area contributed by atoms with Gasteiger partial charge in [-0.2, -0.15) is 0 Å². The predicted octanol–water partition coefficient (Wildman–Crippen LogP) is 3.72. The van der Waals surface area contributed by atoms with Crippen molar-refractivity contribution in [1.29, 1.82) is 0 Å². The Morgan fingerprint density at radius 1 is 1.34 bits per heavy atom. The summed E-state index contributed by atoms with van der Waals surface area (Å²) in [6.07, 6.45) is 5.86. The van der Waals surface area contributed by atoms with Crippen molar-refractivity contribution in [1.82, 2.24) is 14.8 Å². The minimum Gasteiger partial charge on any atom is -0.465 e. The molecule has 2 aromatic rings. The smallest absolute Gasteiger partial charge is 0.341 e. The van der Waals surface area contributed by atoms with Crippen LogP contribution in [0.1, 0.15) is 59.7 Å². The standard InChI is InChI=1S/C22H30N4O4S2/c1-4-17-24-25-22(26(17)11-14-6-5-9-30-14)31-12-18(27)23-20-19(21(28)29-3)15-8-7-13(2)10-16(15)32-20/h13-14H,4-12H2,1-3H3,(H,23,27). The third kappa shape index (κ3) is 5.02. The molecule has 1 saturated heterocycles. The summed E-state index contributed by atoms with van der Waals surface area (Å²) in [5.74, 6) is 1.11. The summed E-state index contributed by atoms with van der Waals surface area (Å²) in [4.78, 5) is 26.4. The lowest BCUT2D eigenvalue weighted by molar-refractivity contribution is -0.113. The Morgan fingerprint density at radius 3 is 2.91 bits per heavy atom. The van der Waals surface area contributed by atoms with Crippen LogP contribution in [0.3, 0.4) is 0 Å². The molecule has 0 radical (unpaired) electrons. The van der Waals surface area contributed by atoms with Gasteiger partial charge in [0.2, 0.25) is 5.91 Å². The fraction of sp³-hybridized carbons (Fsp3) is 0.636. The Morgan fingerprint density at radius 2 is 2.19 bits per heavy atom. The zero-order valence-electron chi connectivity index (χ0n) is 18.8. The molecular formula is C22H30N4O4S2. The molecule has 174 valence electrons. The third-order valence-electron chi connectivity index (χ3n) is 6.01. The maximum Gasteiger partial charge on any atom is 0.341 e. The quantitative estimate of drug-likeness (QED) is 0.456. The Balaban J connectivity index is 1.45. The predicted molar refractivity (Wildman–Crippen MR) is 125 cm³/mol. The number of fused-ring (bicyclic) bond motifs is 1. The highest BCUT2D eigenvalue weighted by Crippen LogP contribution is 2.40. The first-order valence-corrected chi connectivity index (χ1v) is 13.0. The highest BCUT2D eigenvalue weighted by atomic mass is 32.2. The van der Waals surface area contributed by atoms with Crippen LogP contribution in [0.5, 0.6) is 0 Å². The Kier molecular flexibility index (Phi) is 7.52. The van der Waals surface area contributed by atoms with Crippen molar-refractivity contribution in [3.63, 3.8) is 0 Å². The summed E-state index contributed by atoms with van der Waals surface area (Å²) < 4.78 is 12.9. The van der Waals surface area contributed by atoms with Gasteiger partial charge in [0, 0.05) is 17.9 Å². The summed E-state index contributed by atoms with van der Waals surface area (Å²) in [5.41, 5.74) is 1.55. The van der Waals surface area contributed by atoms with Gasteiger partial charge < -0.3 is 19.4 Å². The zero-order chi connectivity index (χ0) is 22.7. The van der Waals surface area contributed by atoms with Gasteiger partial charge in [-0.25, -0.2) is 4.79 Å². The molecule has 0 bridgehead atoms. The third-order valence-corrected chi connectivity index (χ3v) is 8.14. The number of thiophene rings is 1. The maximum atomic E-state index is 12.8. The number of thioether (sulfide) groups is 1. The number of amides is 1. The van der Waals surface area contributed by atoms with E-state index in [1.165, 1.54) is 35.1 Å². The van der Waals surface area contributed by atoms with E-state index in [-0.39, 0.29) is 23.7 Å². The number of esters is 1. The van der Waals surface area contributed by atoms with Crippen molar-refractivity contribution in [2.24, 2.45) is 5.92 Å². The van der Waals surface area contributed by atoms with E-state index in [1.807, 2.05) is 6.92 Å². The summed E-state index contributed by atoms with van der Waals surface area (Å²) in [5, 5.41) is 12.9. The van der Waals surface area contributed by atoms with Crippen LogP contribution < -0.4 is 5.32 Å². The van der Waals surface area contributed by atoms with Crippen LogP contribution in [0.2, 0.25) is 0 Å². The zero-order valence-corrected chi connectivity index (χ0v) is 20.4. The topological polar surface area (TPSA) is 95.3 Å². The first-order chi connectivity index (χ1) is 15.5. The second-order valence-electron chi connectivity index (χ2n) is 8.38. The highest BCUT2D eigenvalue weighted by molar-refractivity contribution is 7.99. The van der Waals surface area contributed by atoms with E-state index in [1.54, 1.807) is 0 Å². The number of anilines is 1. The maximum absolute atomic E-state index is 12.8. The molecule has 10 heteroatoms. The number of hydrogen-bond donors (Lipinski definition) is 1. The van der Waals surface area contributed by atoms with E-state index in [4.69, 9.17) is 9.47 Å². The Labute approximate surface area is 196 Å². The minimum atomic E-state index is -0.385. The number of aryl methyl sites for hydroxylation is 1. The van der Waals surface area contributed by atoms with E-state index in [9.17, 15) is 9.59 Å². The van der Waals surface area contributed by atoms with Crippen LogP contribution in [0.25, 0.3) is 0 Å². The Hall–Kier alpha value is -1.91. The summed E-state index contributed by atoms with van der Waals surface area (Å²) in [6, 6.07) is 0. The number of ether oxygens (including phenoxy) is 2. The van der Waals surface area contributed by atoms with Crippen molar-refractivity contribution < 1.29 is 19.1 Å².